The Morgan fingerprint density at radius 1 is 1.59 bits per heavy atom. The van der Waals surface area contributed by atoms with Gasteiger partial charge in [0.05, 0.1) is 18.2 Å². The van der Waals surface area contributed by atoms with Crippen molar-refractivity contribution in [1.82, 2.24) is 5.32 Å². The monoisotopic (exact) mass is 367 g/mol. The van der Waals surface area contributed by atoms with E-state index in [-0.39, 0.29) is 11.6 Å². The fraction of sp³-hybridized carbons (Fsp3) is 0.364. The first-order valence-corrected chi connectivity index (χ1v) is 6.81. The van der Waals surface area contributed by atoms with Crippen LogP contribution >= 0.6 is 31.9 Å². The van der Waals surface area contributed by atoms with Gasteiger partial charge in [-0.05, 0) is 28.1 Å². The Morgan fingerprint density at radius 2 is 2.29 bits per heavy atom. The van der Waals surface area contributed by atoms with Crippen LogP contribution in [0.5, 0.6) is 0 Å². The third kappa shape index (κ3) is 4.04. The molecule has 0 saturated heterocycles. The number of nitrogens with one attached hydrogen (secondary N) is 1. The number of alkyl halides is 1. The number of hydrogen-bond acceptors (Lipinski definition) is 2. The number of hydrogen-bond donors (Lipinski definition) is 1. The van der Waals surface area contributed by atoms with Gasteiger partial charge in [-0.2, -0.15) is 0 Å². The molecule has 94 valence electrons. The number of carbonyl (C=O) groups is 1. The molecule has 3 nitrogen and oxygen atoms in total. The first kappa shape index (κ1) is 14.6. The zero-order chi connectivity index (χ0) is 12.8. The summed E-state index contributed by atoms with van der Waals surface area (Å²) in [6.45, 7) is 0.364. The van der Waals surface area contributed by atoms with Gasteiger partial charge in [-0.15, -0.1) is 0 Å². The molecule has 1 aromatic carbocycles. The molecule has 0 aliphatic rings. The molecule has 0 aliphatic carbocycles. The lowest BCUT2D eigenvalue weighted by Crippen LogP contribution is -2.39. The summed E-state index contributed by atoms with van der Waals surface area (Å²) in [4.78, 5) is 11.9. The quantitative estimate of drug-likeness (QED) is 0.811. The van der Waals surface area contributed by atoms with E-state index in [2.05, 4.69) is 37.2 Å². The lowest BCUT2D eigenvalue weighted by Gasteiger charge is -2.16. The predicted octanol–water partition coefficient (Wildman–Crippen LogP) is 2.73. The van der Waals surface area contributed by atoms with Gasteiger partial charge in [0.1, 0.15) is 5.82 Å². The molecule has 0 fully saturated rings. The van der Waals surface area contributed by atoms with Crippen molar-refractivity contribution < 1.29 is 13.9 Å². The maximum Gasteiger partial charge on any atom is 0.255 e. The number of carbonyl (C=O) groups excluding carboxylic acids is 1. The lowest BCUT2D eigenvalue weighted by atomic mass is 10.2. The second kappa shape index (κ2) is 7.08. The zero-order valence-corrected chi connectivity index (χ0v) is 12.3. The van der Waals surface area contributed by atoms with Crippen molar-refractivity contribution in [3.05, 3.63) is 34.1 Å². The average Bonchev–Trinajstić information content (AvgIpc) is 2.28. The van der Waals surface area contributed by atoms with Crippen LogP contribution in [0.2, 0.25) is 0 Å². The van der Waals surface area contributed by atoms with Gasteiger partial charge in [0.25, 0.3) is 5.91 Å². The van der Waals surface area contributed by atoms with Gasteiger partial charge in [0.15, 0.2) is 0 Å². The molecule has 6 heteroatoms. The summed E-state index contributed by atoms with van der Waals surface area (Å²) in [6, 6.07) is 4.21. The second-order valence-electron chi connectivity index (χ2n) is 3.38. The summed E-state index contributed by atoms with van der Waals surface area (Å²) in [5.41, 5.74) is 0.00885. The number of halogens is 3. The number of benzene rings is 1. The largest absolute Gasteiger partial charge is 0.383 e. The molecular formula is C11H12Br2FNO2. The van der Waals surface area contributed by atoms with E-state index in [4.69, 9.17) is 4.74 Å². The van der Waals surface area contributed by atoms with Crippen molar-refractivity contribution in [2.45, 2.75) is 6.04 Å². The van der Waals surface area contributed by atoms with E-state index < -0.39 is 11.7 Å². The molecule has 17 heavy (non-hydrogen) atoms. The van der Waals surface area contributed by atoms with Gasteiger partial charge < -0.3 is 10.1 Å². The van der Waals surface area contributed by atoms with Crippen LogP contribution in [0.4, 0.5) is 4.39 Å². The third-order valence-corrected chi connectivity index (χ3v) is 3.52. The minimum absolute atomic E-state index is 0.00885. The maximum atomic E-state index is 13.5. The van der Waals surface area contributed by atoms with Crippen LogP contribution < -0.4 is 5.32 Å². The number of amides is 1. The Hall–Kier alpha value is -0.460. The van der Waals surface area contributed by atoms with Crippen LogP contribution in [-0.2, 0) is 4.74 Å². The molecular weight excluding hydrogens is 357 g/mol. The normalized spacial score (nSPS) is 12.2. The molecule has 1 unspecified atom stereocenters. The molecule has 0 saturated carbocycles. The van der Waals surface area contributed by atoms with Crippen molar-refractivity contribution in [2.24, 2.45) is 0 Å². The molecule has 0 aromatic heterocycles. The smallest absolute Gasteiger partial charge is 0.255 e. The van der Waals surface area contributed by atoms with Crippen LogP contribution in [0.3, 0.4) is 0 Å². The summed E-state index contributed by atoms with van der Waals surface area (Å²) in [7, 11) is 1.54. The van der Waals surface area contributed by atoms with Crippen LogP contribution in [0.1, 0.15) is 10.4 Å². The second-order valence-corrected chi connectivity index (χ2v) is 4.88. The van der Waals surface area contributed by atoms with E-state index in [1.165, 1.54) is 12.1 Å². The summed E-state index contributed by atoms with van der Waals surface area (Å²) in [5, 5.41) is 3.23. The molecule has 1 amide bonds. The highest BCUT2D eigenvalue weighted by atomic mass is 79.9. The minimum atomic E-state index is -0.553. The van der Waals surface area contributed by atoms with Crippen LogP contribution in [0.25, 0.3) is 0 Å². The Labute approximate surface area is 116 Å². The lowest BCUT2D eigenvalue weighted by molar-refractivity contribution is 0.0903. The molecule has 0 radical (unpaired) electrons. The number of methoxy groups -OCH3 is 1. The average molecular weight is 369 g/mol. The van der Waals surface area contributed by atoms with E-state index >= 15 is 0 Å². The Kier molecular flexibility index (Phi) is 6.08. The highest BCUT2D eigenvalue weighted by molar-refractivity contribution is 9.10. The molecule has 1 aromatic rings. The summed E-state index contributed by atoms with van der Waals surface area (Å²) in [6.07, 6.45) is 0. The van der Waals surface area contributed by atoms with Crippen molar-refractivity contribution in [2.75, 3.05) is 19.0 Å². The summed E-state index contributed by atoms with van der Waals surface area (Å²) < 4.78 is 18.9. The summed E-state index contributed by atoms with van der Waals surface area (Å²) >= 11 is 6.41. The highest BCUT2D eigenvalue weighted by Gasteiger charge is 2.18. The van der Waals surface area contributed by atoms with Crippen LogP contribution in [0, 0.1) is 5.82 Å². The van der Waals surface area contributed by atoms with E-state index in [1.807, 2.05) is 0 Å². The van der Waals surface area contributed by atoms with Crippen molar-refractivity contribution in [1.29, 1.82) is 0 Å². The third-order valence-electron chi connectivity index (χ3n) is 2.08. The van der Waals surface area contributed by atoms with Crippen molar-refractivity contribution >= 4 is 37.8 Å². The van der Waals surface area contributed by atoms with Crippen molar-refractivity contribution in [3.8, 4) is 0 Å². The fourth-order valence-corrected chi connectivity index (χ4v) is 2.17. The fourth-order valence-electron chi connectivity index (χ4n) is 1.30. The van der Waals surface area contributed by atoms with Crippen molar-refractivity contribution in [3.63, 3.8) is 0 Å². The van der Waals surface area contributed by atoms with Gasteiger partial charge in [-0.25, -0.2) is 4.39 Å². The molecule has 1 N–H and O–H groups in total. The SMILES string of the molecule is COCC(CBr)NC(=O)c1c(F)cccc1Br. The first-order valence-electron chi connectivity index (χ1n) is 4.90. The molecule has 0 heterocycles. The zero-order valence-electron chi connectivity index (χ0n) is 9.17. The van der Waals surface area contributed by atoms with Gasteiger partial charge in [0, 0.05) is 16.9 Å². The van der Waals surface area contributed by atoms with E-state index in [0.29, 0.717) is 16.4 Å². The van der Waals surface area contributed by atoms with Crippen LogP contribution in [0.15, 0.2) is 22.7 Å². The molecule has 1 rings (SSSR count). The Balaban J connectivity index is 2.82. The van der Waals surface area contributed by atoms with E-state index in [1.54, 1.807) is 13.2 Å². The molecule has 0 aliphatic heterocycles. The minimum Gasteiger partial charge on any atom is -0.383 e. The summed E-state index contributed by atoms with van der Waals surface area (Å²) in [5.74, 6) is -1.01. The Bertz CT molecular complexity index is 381. The predicted molar refractivity (Wildman–Crippen MR) is 71.0 cm³/mol. The molecule has 0 bridgehead atoms. The Morgan fingerprint density at radius 3 is 2.82 bits per heavy atom. The van der Waals surface area contributed by atoms with E-state index in [0.717, 1.165) is 0 Å². The topological polar surface area (TPSA) is 38.3 Å². The van der Waals surface area contributed by atoms with E-state index in [9.17, 15) is 9.18 Å². The van der Waals surface area contributed by atoms with Gasteiger partial charge in [-0.1, -0.05) is 22.0 Å². The van der Waals surface area contributed by atoms with Gasteiger partial charge >= 0.3 is 0 Å². The first-order chi connectivity index (χ1) is 8.10. The molecule has 0 spiro atoms. The maximum absolute atomic E-state index is 13.5. The highest BCUT2D eigenvalue weighted by Crippen LogP contribution is 2.19. The number of ether oxygens (including phenoxy) is 1. The molecule has 1 atom stereocenters. The van der Waals surface area contributed by atoms with Gasteiger partial charge in [0.2, 0.25) is 0 Å². The standard InChI is InChI=1S/C11H12Br2FNO2/c1-17-6-7(5-12)15-11(16)10-8(13)3-2-4-9(10)14/h2-4,7H,5-6H2,1H3,(H,15,16). The van der Waals surface area contributed by atoms with Crippen LogP contribution in [-0.4, -0.2) is 31.0 Å². The van der Waals surface area contributed by atoms with Gasteiger partial charge in [-0.3, -0.25) is 4.79 Å². The number of rotatable bonds is 5.